The van der Waals surface area contributed by atoms with Crippen LogP contribution in [0.1, 0.15) is 34.8 Å². The van der Waals surface area contributed by atoms with E-state index in [4.69, 9.17) is 27.9 Å². The molecule has 32 heavy (non-hydrogen) atoms. The summed E-state index contributed by atoms with van der Waals surface area (Å²) in [5.74, 6) is -0.0804. The lowest BCUT2D eigenvalue weighted by molar-refractivity contribution is -0.120. The molecule has 1 aromatic carbocycles. The molecule has 3 N–H and O–H groups in total. The minimum atomic E-state index is -0.741. The Morgan fingerprint density at radius 2 is 2.00 bits per heavy atom. The number of ether oxygens (including phenoxy) is 1. The highest BCUT2D eigenvalue weighted by atomic mass is 35.5. The van der Waals surface area contributed by atoms with Crippen molar-refractivity contribution in [1.29, 1.82) is 0 Å². The Hall–Kier alpha value is -2.65. The molecule has 0 aliphatic carbocycles. The zero-order valence-corrected chi connectivity index (χ0v) is 19.5. The average molecular weight is 478 g/mol. The predicted molar refractivity (Wildman–Crippen MR) is 125 cm³/mol. The fraction of sp³-hybridized carbons (Fsp3) is 0.318. The zero-order valence-electron chi connectivity index (χ0n) is 18.0. The van der Waals surface area contributed by atoms with Gasteiger partial charge in [0.1, 0.15) is 0 Å². The van der Waals surface area contributed by atoms with Crippen molar-refractivity contribution in [2.75, 3.05) is 26.7 Å². The van der Waals surface area contributed by atoms with Gasteiger partial charge in [0.05, 0.1) is 28.8 Å². The SMILES string of the molecule is CCNCC(=O)NCC(=O)c1ccc(Cl)c(C(NC)Oc2cccn3cc(C)nc23)c1Cl. The van der Waals surface area contributed by atoms with Crippen molar-refractivity contribution >= 4 is 40.5 Å². The number of halogens is 2. The first kappa shape index (κ1) is 24.0. The highest BCUT2D eigenvalue weighted by Crippen LogP contribution is 2.35. The smallest absolute Gasteiger partial charge is 0.234 e. The lowest BCUT2D eigenvalue weighted by Gasteiger charge is -2.22. The van der Waals surface area contributed by atoms with Crippen molar-refractivity contribution in [1.82, 2.24) is 25.3 Å². The van der Waals surface area contributed by atoms with Gasteiger partial charge in [-0.2, -0.15) is 0 Å². The molecule has 3 aromatic rings. The summed E-state index contributed by atoms with van der Waals surface area (Å²) >= 11 is 13.0. The van der Waals surface area contributed by atoms with E-state index in [1.807, 2.05) is 36.7 Å². The number of aromatic nitrogens is 2. The lowest BCUT2D eigenvalue weighted by Crippen LogP contribution is -2.36. The molecule has 0 saturated carbocycles. The number of fused-ring (bicyclic) bond motifs is 1. The molecule has 1 atom stereocenters. The second kappa shape index (κ2) is 10.8. The molecule has 3 rings (SSSR count). The van der Waals surface area contributed by atoms with Crippen LogP contribution in [0.4, 0.5) is 0 Å². The molecule has 2 aromatic heterocycles. The number of benzene rings is 1. The van der Waals surface area contributed by atoms with E-state index in [0.717, 1.165) is 5.69 Å². The van der Waals surface area contributed by atoms with E-state index in [1.54, 1.807) is 25.2 Å². The number of carbonyl (C=O) groups excluding carboxylic acids is 2. The van der Waals surface area contributed by atoms with Crippen LogP contribution < -0.4 is 20.7 Å². The summed E-state index contributed by atoms with van der Waals surface area (Å²) in [7, 11) is 1.70. The molecule has 1 unspecified atom stereocenters. The molecule has 170 valence electrons. The third-order valence-electron chi connectivity index (χ3n) is 4.75. The number of amides is 1. The Bertz CT molecular complexity index is 1130. The van der Waals surface area contributed by atoms with Crippen LogP contribution in [0.15, 0.2) is 36.7 Å². The van der Waals surface area contributed by atoms with Crippen molar-refractivity contribution in [3.63, 3.8) is 0 Å². The van der Waals surface area contributed by atoms with Crippen molar-refractivity contribution < 1.29 is 14.3 Å². The summed E-state index contributed by atoms with van der Waals surface area (Å²) in [5.41, 5.74) is 2.16. The number of hydrogen-bond acceptors (Lipinski definition) is 6. The first-order valence-corrected chi connectivity index (χ1v) is 10.9. The summed E-state index contributed by atoms with van der Waals surface area (Å²) in [4.78, 5) is 29.0. The molecular weight excluding hydrogens is 453 g/mol. The third-order valence-corrected chi connectivity index (χ3v) is 5.48. The molecule has 8 nitrogen and oxygen atoms in total. The molecule has 0 bridgehead atoms. The quantitative estimate of drug-likeness (QED) is 0.306. The van der Waals surface area contributed by atoms with E-state index in [9.17, 15) is 9.59 Å². The molecular formula is C22H25Cl2N5O3. The molecule has 0 radical (unpaired) electrons. The Kier molecular flexibility index (Phi) is 8.09. The summed E-state index contributed by atoms with van der Waals surface area (Å²) in [6.45, 7) is 4.40. The van der Waals surface area contributed by atoms with Crippen molar-refractivity contribution in [3.05, 3.63) is 63.5 Å². The van der Waals surface area contributed by atoms with Crippen molar-refractivity contribution in [2.45, 2.75) is 20.1 Å². The van der Waals surface area contributed by atoms with Crippen LogP contribution in [0.3, 0.4) is 0 Å². The third kappa shape index (κ3) is 5.39. The second-order valence-corrected chi connectivity index (χ2v) is 7.86. The molecule has 0 fully saturated rings. The monoisotopic (exact) mass is 477 g/mol. The van der Waals surface area contributed by atoms with Gasteiger partial charge in [0.15, 0.2) is 23.4 Å². The number of nitrogens with one attached hydrogen (secondary N) is 3. The zero-order chi connectivity index (χ0) is 23.3. The van der Waals surface area contributed by atoms with E-state index in [0.29, 0.717) is 28.5 Å². The maximum Gasteiger partial charge on any atom is 0.234 e. The van der Waals surface area contributed by atoms with Crippen LogP contribution in [0.25, 0.3) is 5.65 Å². The first-order valence-electron chi connectivity index (χ1n) is 10.1. The molecule has 0 aliphatic rings. The standard InChI is InChI=1S/C22H25Cl2N5O3/c1-4-26-11-18(31)27-10-16(30)14-7-8-15(23)19(20(14)24)22(25-3)32-17-6-5-9-29-12-13(2)28-21(17)29/h5-9,12,22,25-26H,4,10-11H2,1-3H3,(H,27,31). The van der Waals surface area contributed by atoms with Crippen LogP contribution in [0.2, 0.25) is 10.0 Å². The highest BCUT2D eigenvalue weighted by Gasteiger charge is 2.24. The number of likely N-dealkylation sites (N-methyl/N-ethyl adjacent to an activating group) is 1. The van der Waals surface area contributed by atoms with E-state index in [2.05, 4.69) is 20.9 Å². The van der Waals surface area contributed by atoms with Crippen molar-refractivity contribution in [2.24, 2.45) is 0 Å². The van der Waals surface area contributed by atoms with Gasteiger partial charge >= 0.3 is 0 Å². The average Bonchev–Trinajstić information content (AvgIpc) is 3.16. The fourth-order valence-corrected chi connectivity index (χ4v) is 3.87. The normalized spacial score (nSPS) is 12.0. The van der Waals surface area contributed by atoms with Gasteiger partial charge in [0, 0.05) is 23.5 Å². The van der Waals surface area contributed by atoms with E-state index in [-0.39, 0.29) is 35.4 Å². The molecule has 0 aliphatic heterocycles. The van der Waals surface area contributed by atoms with Gasteiger partial charge in [-0.3, -0.25) is 14.9 Å². The Morgan fingerprint density at radius 1 is 1.22 bits per heavy atom. The topological polar surface area (TPSA) is 96.8 Å². The lowest BCUT2D eigenvalue weighted by atomic mass is 10.1. The minimum absolute atomic E-state index is 0.137. The van der Waals surface area contributed by atoms with Crippen LogP contribution in [0, 0.1) is 6.92 Å². The number of pyridine rings is 1. The number of ketones is 1. The van der Waals surface area contributed by atoms with Gasteiger partial charge in [0.25, 0.3) is 0 Å². The Balaban J connectivity index is 1.85. The largest absolute Gasteiger partial charge is 0.467 e. The van der Waals surface area contributed by atoms with Gasteiger partial charge in [0.2, 0.25) is 5.91 Å². The maximum atomic E-state index is 12.7. The molecule has 0 saturated heterocycles. The molecule has 10 heteroatoms. The van der Waals surface area contributed by atoms with Crippen LogP contribution >= 0.6 is 23.2 Å². The van der Waals surface area contributed by atoms with Gasteiger partial charge in [-0.1, -0.05) is 30.1 Å². The number of Topliss-reactive ketones (excluding diaryl/α,β-unsaturated/α-hetero) is 1. The number of aryl methyl sites for hydroxylation is 1. The van der Waals surface area contributed by atoms with Gasteiger partial charge < -0.3 is 19.8 Å². The molecule has 2 heterocycles. The minimum Gasteiger partial charge on any atom is -0.467 e. The first-order chi connectivity index (χ1) is 15.3. The second-order valence-electron chi connectivity index (χ2n) is 7.08. The molecule has 1 amide bonds. The highest BCUT2D eigenvalue weighted by molar-refractivity contribution is 6.38. The Morgan fingerprint density at radius 3 is 2.72 bits per heavy atom. The maximum absolute atomic E-state index is 12.7. The number of rotatable bonds is 10. The number of hydrogen-bond donors (Lipinski definition) is 3. The predicted octanol–water partition coefficient (Wildman–Crippen LogP) is 3.15. The van der Waals surface area contributed by atoms with E-state index in [1.165, 1.54) is 0 Å². The van der Waals surface area contributed by atoms with E-state index >= 15 is 0 Å². The number of nitrogens with zero attached hydrogens (tertiary/aromatic N) is 2. The van der Waals surface area contributed by atoms with E-state index < -0.39 is 6.23 Å². The van der Waals surface area contributed by atoms with Gasteiger partial charge in [-0.05, 0) is 44.8 Å². The number of imidazole rings is 1. The van der Waals surface area contributed by atoms with Gasteiger partial charge in [-0.25, -0.2) is 4.98 Å². The summed E-state index contributed by atoms with van der Waals surface area (Å²) in [6.07, 6.45) is 3.02. The van der Waals surface area contributed by atoms with Gasteiger partial charge in [-0.15, -0.1) is 0 Å². The number of carbonyl (C=O) groups is 2. The summed E-state index contributed by atoms with van der Waals surface area (Å²) < 4.78 is 8.02. The Labute approximate surface area is 196 Å². The summed E-state index contributed by atoms with van der Waals surface area (Å²) in [5, 5.41) is 9.03. The van der Waals surface area contributed by atoms with Crippen molar-refractivity contribution in [3.8, 4) is 5.75 Å². The van der Waals surface area contributed by atoms with Crippen LogP contribution in [-0.4, -0.2) is 47.8 Å². The van der Waals surface area contributed by atoms with Crippen LogP contribution in [0.5, 0.6) is 5.75 Å². The van der Waals surface area contributed by atoms with Crippen LogP contribution in [-0.2, 0) is 4.79 Å². The molecule has 0 spiro atoms. The fourth-order valence-electron chi connectivity index (χ4n) is 3.19. The summed E-state index contributed by atoms with van der Waals surface area (Å²) in [6, 6.07) is 6.76.